The number of benzene rings is 3. The van der Waals surface area contributed by atoms with Crippen molar-refractivity contribution in [1.29, 1.82) is 0 Å². The van der Waals surface area contributed by atoms with E-state index in [1.807, 2.05) is 60.7 Å². The Morgan fingerprint density at radius 3 is 2.39 bits per heavy atom. The minimum atomic E-state index is -0.501. The molecule has 3 rings (SSSR count). The van der Waals surface area contributed by atoms with Crippen molar-refractivity contribution in [1.82, 2.24) is 0 Å². The quantitative estimate of drug-likeness (QED) is 0.145. The molecule has 0 fully saturated rings. The maximum absolute atomic E-state index is 12.2. The minimum Gasteiger partial charge on any atom is -0.503 e. The molecule has 0 unspecified atom stereocenters. The number of esters is 1. The van der Waals surface area contributed by atoms with Gasteiger partial charge in [0.05, 0.1) is 33.8 Å². The molecule has 33 heavy (non-hydrogen) atoms. The van der Waals surface area contributed by atoms with Crippen LogP contribution in [0.15, 0.2) is 84.2 Å². The Labute approximate surface area is 192 Å². The zero-order valence-electron chi connectivity index (χ0n) is 18.7. The van der Waals surface area contributed by atoms with Crippen molar-refractivity contribution >= 4 is 17.8 Å². The predicted octanol–water partition coefficient (Wildman–Crippen LogP) is 4.85. The Morgan fingerprint density at radius 1 is 0.909 bits per heavy atom. The fourth-order valence-electron chi connectivity index (χ4n) is 3.03. The molecule has 7 nitrogen and oxygen atoms in total. The number of rotatable bonds is 10. The molecular weight excluding hydrogens is 422 g/mol. The summed E-state index contributed by atoms with van der Waals surface area (Å²) in [5, 5.41) is 4.02. The first kappa shape index (κ1) is 23.4. The smallest absolute Gasteiger partial charge is 0.341 e. The highest BCUT2D eigenvalue weighted by molar-refractivity contribution is 6.16. The number of carbonyl (C=O) groups excluding carboxylic acids is 1. The van der Waals surface area contributed by atoms with Crippen LogP contribution in [0.25, 0.3) is 5.57 Å². The van der Waals surface area contributed by atoms with E-state index in [4.69, 9.17) is 23.8 Å². The average molecular weight is 447 g/mol. The van der Waals surface area contributed by atoms with Gasteiger partial charge in [0.15, 0.2) is 17.2 Å². The molecule has 0 heterocycles. The number of oxime groups is 1. The summed E-state index contributed by atoms with van der Waals surface area (Å²) < 4.78 is 21.4. The first-order valence-corrected chi connectivity index (χ1v) is 10.1. The maximum Gasteiger partial charge on any atom is 0.341 e. The van der Waals surface area contributed by atoms with Crippen LogP contribution < -0.4 is 14.3 Å². The van der Waals surface area contributed by atoms with Gasteiger partial charge in [-0.3, -0.25) is 0 Å². The summed E-state index contributed by atoms with van der Waals surface area (Å²) in [4.78, 5) is 17.6. The SMILES string of the molecule is CO/C=C(/C(=O)OC)c1ccccc1COc1cc(/C=N/Oc2ccccc2)ccc1OC. The molecule has 0 aliphatic heterocycles. The Kier molecular flexibility index (Phi) is 8.48. The molecule has 0 spiro atoms. The van der Waals surface area contributed by atoms with Crippen LogP contribution >= 0.6 is 0 Å². The number of carbonyl (C=O) groups is 1. The van der Waals surface area contributed by atoms with E-state index in [1.165, 1.54) is 20.5 Å². The number of nitrogens with zero attached hydrogens (tertiary/aromatic N) is 1. The highest BCUT2D eigenvalue weighted by Gasteiger charge is 2.17. The summed E-state index contributed by atoms with van der Waals surface area (Å²) in [6.07, 6.45) is 2.94. The topological polar surface area (TPSA) is 75.6 Å². The van der Waals surface area contributed by atoms with Crippen molar-refractivity contribution in [2.45, 2.75) is 6.61 Å². The van der Waals surface area contributed by atoms with Gasteiger partial charge < -0.3 is 23.8 Å². The molecule has 0 aromatic heterocycles. The molecule has 3 aromatic rings. The lowest BCUT2D eigenvalue weighted by Crippen LogP contribution is -2.08. The van der Waals surface area contributed by atoms with Crippen molar-refractivity contribution in [2.75, 3.05) is 21.3 Å². The van der Waals surface area contributed by atoms with Crippen molar-refractivity contribution in [3.8, 4) is 17.2 Å². The molecule has 0 amide bonds. The number of hydrogen-bond acceptors (Lipinski definition) is 7. The van der Waals surface area contributed by atoms with E-state index in [0.717, 1.165) is 11.1 Å². The van der Waals surface area contributed by atoms with Crippen LogP contribution in [-0.2, 0) is 20.9 Å². The largest absolute Gasteiger partial charge is 0.503 e. The second-order valence-electron chi connectivity index (χ2n) is 6.75. The highest BCUT2D eigenvalue weighted by Crippen LogP contribution is 2.30. The van der Waals surface area contributed by atoms with Crippen LogP contribution in [0.3, 0.4) is 0 Å². The minimum absolute atomic E-state index is 0.186. The van der Waals surface area contributed by atoms with Crippen LogP contribution in [0.4, 0.5) is 0 Å². The molecule has 0 bridgehead atoms. The van der Waals surface area contributed by atoms with Gasteiger partial charge in [-0.15, -0.1) is 0 Å². The molecule has 0 aliphatic carbocycles. The van der Waals surface area contributed by atoms with E-state index in [9.17, 15) is 4.79 Å². The third kappa shape index (κ3) is 6.36. The second kappa shape index (κ2) is 12.0. The third-order valence-corrected chi connectivity index (χ3v) is 4.62. The zero-order chi connectivity index (χ0) is 23.5. The normalized spacial score (nSPS) is 11.2. The first-order valence-electron chi connectivity index (χ1n) is 10.1. The van der Waals surface area contributed by atoms with Crippen molar-refractivity contribution in [3.05, 3.63) is 95.7 Å². The van der Waals surface area contributed by atoms with Gasteiger partial charge in [0, 0.05) is 5.56 Å². The highest BCUT2D eigenvalue weighted by atomic mass is 16.6. The Hall–Kier alpha value is -4.26. The lowest BCUT2D eigenvalue weighted by molar-refractivity contribution is -0.133. The number of methoxy groups -OCH3 is 3. The molecule has 0 aliphatic rings. The van der Waals surface area contributed by atoms with E-state index in [2.05, 4.69) is 5.16 Å². The van der Waals surface area contributed by atoms with Gasteiger partial charge >= 0.3 is 5.97 Å². The van der Waals surface area contributed by atoms with Gasteiger partial charge in [-0.05, 0) is 41.5 Å². The molecule has 0 saturated heterocycles. The van der Waals surface area contributed by atoms with E-state index < -0.39 is 5.97 Å². The average Bonchev–Trinajstić information content (AvgIpc) is 2.86. The number of hydrogen-bond donors (Lipinski definition) is 0. The molecule has 170 valence electrons. The number of ether oxygens (including phenoxy) is 4. The first-order chi connectivity index (χ1) is 16.2. The van der Waals surface area contributed by atoms with Crippen LogP contribution in [0.1, 0.15) is 16.7 Å². The summed E-state index contributed by atoms with van der Waals surface area (Å²) in [5.74, 6) is 1.22. The lowest BCUT2D eigenvalue weighted by Gasteiger charge is -2.14. The number of para-hydroxylation sites is 1. The van der Waals surface area contributed by atoms with Gasteiger partial charge in [0.2, 0.25) is 0 Å². The van der Waals surface area contributed by atoms with Crippen molar-refractivity contribution in [3.63, 3.8) is 0 Å². The molecule has 7 heteroatoms. The summed E-state index contributed by atoms with van der Waals surface area (Å²) in [6, 6.07) is 22.1. The van der Waals surface area contributed by atoms with E-state index in [-0.39, 0.29) is 6.61 Å². The summed E-state index contributed by atoms with van der Waals surface area (Å²) >= 11 is 0. The summed E-state index contributed by atoms with van der Waals surface area (Å²) in [6.45, 7) is 0.186. The Balaban J connectivity index is 1.79. The molecular formula is C26H25NO6. The summed E-state index contributed by atoms with van der Waals surface area (Å²) in [7, 11) is 4.37. The maximum atomic E-state index is 12.2. The van der Waals surface area contributed by atoms with Crippen molar-refractivity contribution < 1.29 is 28.6 Å². The lowest BCUT2D eigenvalue weighted by atomic mass is 10.0. The molecule has 0 saturated carbocycles. The Morgan fingerprint density at radius 2 is 1.67 bits per heavy atom. The monoisotopic (exact) mass is 447 g/mol. The van der Waals surface area contributed by atoms with E-state index in [0.29, 0.717) is 28.4 Å². The fourth-order valence-corrected chi connectivity index (χ4v) is 3.03. The van der Waals surface area contributed by atoms with E-state index >= 15 is 0 Å². The Bertz CT molecular complexity index is 1120. The molecule has 0 radical (unpaired) electrons. The van der Waals surface area contributed by atoms with Crippen LogP contribution in [0.2, 0.25) is 0 Å². The van der Waals surface area contributed by atoms with Crippen molar-refractivity contribution in [2.24, 2.45) is 5.16 Å². The van der Waals surface area contributed by atoms with Crippen LogP contribution in [0, 0.1) is 0 Å². The van der Waals surface area contributed by atoms with E-state index in [1.54, 1.807) is 25.5 Å². The van der Waals surface area contributed by atoms with Gasteiger partial charge in [-0.1, -0.05) is 47.6 Å². The molecule has 0 atom stereocenters. The van der Waals surface area contributed by atoms with Gasteiger partial charge in [-0.25, -0.2) is 4.79 Å². The van der Waals surface area contributed by atoms with Gasteiger partial charge in [0.25, 0.3) is 0 Å². The van der Waals surface area contributed by atoms with Gasteiger partial charge in [-0.2, -0.15) is 0 Å². The fraction of sp³-hybridized carbons (Fsp3) is 0.154. The molecule has 3 aromatic carbocycles. The zero-order valence-corrected chi connectivity index (χ0v) is 18.7. The second-order valence-corrected chi connectivity index (χ2v) is 6.75. The van der Waals surface area contributed by atoms with Crippen LogP contribution in [0.5, 0.6) is 17.2 Å². The third-order valence-electron chi connectivity index (χ3n) is 4.62. The summed E-state index contributed by atoms with van der Waals surface area (Å²) in [5.41, 5.74) is 2.49. The predicted molar refractivity (Wildman–Crippen MR) is 125 cm³/mol. The van der Waals surface area contributed by atoms with Crippen LogP contribution in [-0.4, -0.2) is 33.5 Å². The van der Waals surface area contributed by atoms with Gasteiger partial charge in [0.1, 0.15) is 12.2 Å². The standard InChI is InChI=1S/C26H25NO6/c1-29-18-23(26(28)31-3)22-12-8-7-9-20(22)17-32-25-15-19(13-14-24(25)30-2)16-27-33-21-10-5-4-6-11-21/h4-16,18H,17H2,1-3H3/b23-18+,27-16+. The molecule has 0 N–H and O–H groups in total.